The molecule has 13 heteroatoms. The van der Waals surface area contributed by atoms with Crippen molar-refractivity contribution in [3.05, 3.63) is 78.2 Å². The molecule has 1 aliphatic heterocycles. The molecule has 3 aromatic heterocycles. The molecule has 0 bridgehead atoms. The molecule has 2 aromatic carbocycles. The van der Waals surface area contributed by atoms with Crippen LogP contribution < -0.4 is 25.4 Å². The predicted molar refractivity (Wildman–Crippen MR) is 181 cm³/mol. The number of nitrogens with one attached hydrogen (secondary N) is 3. The van der Waals surface area contributed by atoms with Crippen LogP contribution in [0.25, 0.3) is 22.2 Å². The molecule has 1 unspecified atom stereocenters. The van der Waals surface area contributed by atoms with E-state index >= 15 is 0 Å². The fraction of sp³-hybridized carbons (Fsp3) is 0.353. The number of likely N-dealkylation sites (tertiary alicyclic amines) is 1. The fourth-order valence-corrected chi connectivity index (χ4v) is 5.56. The topological polar surface area (TPSA) is 144 Å². The van der Waals surface area contributed by atoms with Crippen molar-refractivity contribution in [1.82, 2.24) is 40.2 Å². The van der Waals surface area contributed by atoms with Crippen molar-refractivity contribution in [2.45, 2.75) is 51.9 Å². The summed E-state index contributed by atoms with van der Waals surface area (Å²) in [4.78, 5) is 29.3. The van der Waals surface area contributed by atoms with E-state index in [1.165, 1.54) is 5.56 Å². The molecule has 4 heterocycles. The smallest absolute Gasteiger partial charge is 0.320 e. The molecule has 1 saturated heterocycles. The summed E-state index contributed by atoms with van der Waals surface area (Å²) >= 11 is 0. The van der Waals surface area contributed by atoms with Crippen LogP contribution in [0.4, 0.5) is 16.6 Å². The molecule has 244 valence electrons. The number of hydrogen-bond acceptors (Lipinski definition) is 10. The Hall–Kier alpha value is -5.30. The van der Waals surface area contributed by atoms with E-state index in [0.717, 1.165) is 37.3 Å². The number of methoxy groups -OCH3 is 2. The first-order chi connectivity index (χ1) is 22.7. The Kier molecular flexibility index (Phi) is 9.16. The molecule has 6 rings (SSSR count). The van der Waals surface area contributed by atoms with Gasteiger partial charge in [0.15, 0.2) is 5.65 Å². The maximum Gasteiger partial charge on any atom is 0.320 e. The summed E-state index contributed by atoms with van der Waals surface area (Å²) < 4.78 is 12.9. The molecule has 13 nitrogen and oxygen atoms in total. The largest absolute Gasteiger partial charge is 0.497 e. The first-order valence-electron chi connectivity index (χ1n) is 15.6. The monoisotopic (exact) mass is 636 g/mol. The van der Waals surface area contributed by atoms with Crippen LogP contribution in [-0.4, -0.2) is 73.7 Å². The van der Waals surface area contributed by atoms with Gasteiger partial charge in [-0.15, -0.1) is 5.10 Å². The van der Waals surface area contributed by atoms with Gasteiger partial charge in [-0.1, -0.05) is 35.5 Å². The Morgan fingerprint density at radius 3 is 2.51 bits per heavy atom. The molecule has 1 atom stereocenters. The zero-order valence-corrected chi connectivity index (χ0v) is 27.3. The van der Waals surface area contributed by atoms with Crippen molar-refractivity contribution in [2.24, 2.45) is 0 Å². The maximum absolute atomic E-state index is 12.9. The Balaban J connectivity index is 1.19. The highest BCUT2D eigenvalue weighted by atomic mass is 16.5. The van der Waals surface area contributed by atoms with Crippen LogP contribution in [0.15, 0.2) is 67.0 Å². The minimum atomic E-state index is -0.444. The number of nitrogens with zero attached hydrogens (tertiary/aromatic N) is 7. The lowest BCUT2D eigenvalue weighted by Gasteiger charge is -2.21. The quantitative estimate of drug-likeness (QED) is 0.185. The van der Waals surface area contributed by atoms with Gasteiger partial charge in [0.05, 0.1) is 33.0 Å². The molecular weight excluding hydrogens is 596 g/mol. The van der Waals surface area contributed by atoms with Crippen LogP contribution in [0.5, 0.6) is 11.5 Å². The molecule has 1 aliphatic rings. The average Bonchev–Trinajstić information content (AvgIpc) is 3.72. The highest BCUT2D eigenvalue weighted by molar-refractivity contribution is 5.96. The number of pyridine rings is 1. The van der Waals surface area contributed by atoms with Gasteiger partial charge >= 0.3 is 6.03 Å². The second-order valence-corrected chi connectivity index (χ2v) is 12.6. The van der Waals surface area contributed by atoms with E-state index in [1.807, 2.05) is 55.9 Å². The first-order valence-corrected chi connectivity index (χ1v) is 15.6. The average molecular weight is 637 g/mol. The summed E-state index contributed by atoms with van der Waals surface area (Å²) in [5, 5.41) is 18.6. The molecule has 3 N–H and O–H groups in total. The van der Waals surface area contributed by atoms with Gasteiger partial charge in [-0.05, 0) is 56.5 Å². The standard InChI is InChI=1S/C34H40N10O3/c1-34(2,3)40-33(45)39-31-29(23-13-27(46-4)16-28(14-23)47-5)15-24-17-35-32(38-30(24)37-31)36-18-25-20-44(42-41-25)26-11-12-43(21-26)19-22-9-7-6-8-10-22/h6-10,13-17,20,26H,11-12,18-19,21H2,1-5H3,(H3,35,36,37,38,39,40,45). The maximum atomic E-state index is 12.9. The normalized spacial score (nSPS) is 15.0. The van der Waals surface area contributed by atoms with Gasteiger partial charge in [0, 0.05) is 48.4 Å². The van der Waals surface area contributed by atoms with E-state index < -0.39 is 5.54 Å². The van der Waals surface area contributed by atoms with Crippen LogP contribution in [0.2, 0.25) is 0 Å². The van der Waals surface area contributed by atoms with Crippen molar-refractivity contribution in [3.8, 4) is 22.6 Å². The molecular formula is C34H40N10O3. The van der Waals surface area contributed by atoms with E-state index in [9.17, 15) is 4.79 Å². The molecule has 5 aromatic rings. The van der Waals surface area contributed by atoms with Gasteiger partial charge in [-0.2, -0.15) is 4.98 Å². The zero-order valence-electron chi connectivity index (χ0n) is 27.3. The highest BCUT2D eigenvalue weighted by Gasteiger charge is 2.25. The number of fused-ring (bicyclic) bond motifs is 1. The Morgan fingerprint density at radius 2 is 1.79 bits per heavy atom. The summed E-state index contributed by atoms with van der Waals surface area (Å²) in [5.41, 5.74) is 3.48. The van der Waals surface area contributed by atoms with Crippen molar-refractivity contribution in [3.63, 3.8) is 0 Å². The lowest BCUT2D eigenvalue weighted by Crippen LogP contribution is -2.43. The highest BCUT2D eigenvalue weighted by Crippen LogP contribution is 2.35. The molecule has 1 fully saturated rings. The number of aromatic nitrogens is 6. The second kappa shape index (κ2) is 13.6. The molecule has 0 radical (unpaired) electrons. The number of hydrogen-bond donors (Lipinski definition) is 3. The van der Waals surface area contributed by atoms with Gasteiger partial charge in [0.1, 0.15) is 23.0 Å². The lowest BCUT2D eigenvalue weighted by molar-refractivity contribution is 0.243. The number of amides is 2. The third kappa shape index (κ3) is 7.93. The van der Waals surface area contributed by atoms with Gasteiger partial charge in [0.25, 0.3) is 0 Å². The van der Waals surface area contributed by atoms with Gasteiger partial charge in [-0.25, -0.2) is 19.4 Å². The first kappa shape index (κ1) is 31.7. The SMILES string of the molecule is COc1cc(OC)cc(-c2cc3cnc(NCc4cn(C5CCN(Cc6ccccc6)C5)nn4)nc3nc2NC(=O)NC(C)(C)C)c1. The zero-order chi connectivity index (χ0) is 33.0. The van der Waals surface area contributed by atoms with E-state index in [2.05, 4.69) is 65.4 Å². The summed E-state index contributed by atoms with van der Waals surface area (Å²) in [5.74, 6) is 1.93. The Morgan fingerprint density at radius 1 is 1.02 bits per heavy atom. The molecule has 47 heavy (non-hydrogen) atoms. The van der Waals surface area contributed by atoms with Crippen LogP contribution in [0.1, 0.15) is 44.5 Å². The summed E-state index contributed by atoms with van der Waals surface area (Å²) in [6, 6.07) is 17.8. The number of urea groups is 1. The number of carbonyl (C=O) groups is 1. The second-order valence-electron chi connectivity index (χ2n) is 12.6. The summed E-state index contributed by atoms with van der Waals surface area (Å²) in [6.45, 7) is 9.01. The van der Waals surface area contributed by atoms with Gasteiger partial charge in [-0.3, -0.25) is 10.2 Å². The summed E-state index contributed by atoms with van der Waals surface area (Å²) in [6.07, 6.45) is 4.71. The van der Waals surface area contributed by atoms with Gasteiger partial charge < -0.3 is 20.1 Å². The van der Waals surface area contributed by atoms with E-state index in [4.69, 9.17) is 14.5 Å². The number of benzene rings is 2. The minimum Gasteiger partial charge on any atom is -0.497 e. The minimum absolute atomic E-state index is 0.279. The van der Waals surface area contributed by atoms with Crippen LogP contribution in [0.3, 0.4) is 0 Å². The Labute approximate surface area is 273 Å². The van der Waals surface area contributed by atoms with Crippen molar-refractivity contribution in [1.29, 1.82) is 0 Å². The van der Waals surface area contributed by atoms with Crippen molar-refractivity contribution >= 4 is 28.8 Å². The molecule has 0 saturated carbocycles. The number of carbonyl (C=O) groups excluding carboxylic acids is 1. The Bertz CT molecular complexity index is 1830. The third-order valence-corrected chi connectivity index (χ3v) is 7.81. The fourth-order valence-electron chi connectivity index (χ4n) is 5.56. The van der Waals surface area contributed by atoms with E-state index in [1.54, 1.807) is 26.5 Å². The number of anilines is 2. The molecule has 0 aliphatic carbocycles. The van der Waals surface area contributed by atoms with E-state index in [-0.39, 0.29) is 12.1 Å². The van der Waals surface area contributed by atoms with E-state index in [0.29, 0.717) is 46.4 Å². The van der Waals surface area contributed by atoms with Gasteiger partial charge in [0.2, 0.25) is 5.95 Å². The van der Waals surface area contributed by atoms with Crippen LogP contribution in [0, 0.1) is 0 Å². The van der Waals surface area contributed by atoms with Crippen molar-refractivity contribution in [2.75, 3.05) is 37.9 Å². The van der Waals surface area contributed by atoms with Crippen LogP contribution in [-0.2, 0) is 13.1 Å². The summed E-state index contributed by atoms with van der Waals surface area (Å²) in [7, 11) is 3.18. The molecule has 0 spiro atoms. The number of rotatable bonds is 10. The third-order valence-electron chi connectivity index (χ3n) is 7.81. The predicted octanol–water partition coefficient (Wildman–Crippen LogP) is 5.28. The lowest BCUT2D eigenvalue weighted by atomic mass is 10.0. The molecule has 2 amide bonds. The van der Waals surface area contributed by atoms with Crippen molar-refractivity contribution < 1.29 is 14.3 Å². The number of ether oxygens (including phenoxy) is 2. The van der Waals surface area contributed by atoms with Crippen LogP contribution >= 0.6 is 0 Å².